The predicted octanol–water partition coefficient (Wildman–Crippen LogP) is -1.65. The Hall–Kier alpha value is -5.94. The summed E-state index contributed by atoms with van der Waals surface area (Å²) >= 11 is 0. The molecule has 1 rings (SSSR count). The van der Waals surface area contributed by atoms with Crippen LogP contribution in [0.5, 0.6) is 0 Å². The molecular weight excluding hydrogens is 1900 g/mol. The number of quaternary nitrogens is 6. The monoisotopic (exact) mass is 2050 g/mol. The smallest absolute Gasteiger partial charge is 0.307 e. The van der Waals surface area contributed by atoms with E-state index in [0.29, 0.717) is 143 Å². The average molecular weight is 2050 g/mol. The normalized spacial score (nSPS) is 19.8. The number of aliphatic carboxylic acids is 6. The molecule has 0 saturated heterocycles. The molecule has 0 radical (unpaired) electrons. The molecule has 1 saturated carbocycles. The fourth-order valence-electron chi connectivity index (χ4n) is 11.2. The van der Waals surface area contributed by atoms with Crippen LogP contribution in [0.15, 0.2) is 0 Å². The van der Waals surface area contributed by atoms with Gasteiger partial charge < -0.3 is 172 Å². The average Bonchev–Trinajstić information content (AvgIpc) is 0.742. The van der Waals surface area contributed by atoms with E-state index >= 15 is 0 Å². The van der Waals surface area contributed by atoms with Crippen molar-refractivity contribution in [3.05, 3.63) is 0 Å². The molecule has 0 aromatic heterocycles. The molecule has 12 atom stereocenters. The van der Waals surface area contributed by atoms with Gasteiger partial charge in [0.2, 0.25) is 0 Å². The second kappa shape index (κ2) is 63.5. The Morgan fingerprint density at radius 3 is 0.379 bits per heavy atom. The van der Waals surface area contributed by atoms with Crippen LogP contribution in [0.1, 0.15) is 157 Å². The quantitative estimate of drug-likeness (QED) is 0.0140. The fourth-order valence-corrected chi connectivity index (χ4v) is 14.4. The molecule has 1 aliphatic carbocycles. The first kappa shape index (κ1) is 137. The van der Waals surface area contributed by atoms with Gasteiger partial charge in [-0.3, -0.25) is 84.9 Å². The van der Waals surface area contributed by atoms with E-state index in [1.807, 2.05) is 168 Å². The summed E-state index contributed by atoms with van der Waals surface area (Å²) in [6.07, 6.45) is -17.9. The summed E-state index contributed by atoms with van der Waals surface area (Å²) < 4.78 is 125. The molecule has 0 amide bonds. The molecule has 0 bridgehead atoms. The standard InChI is InChI=1S/6C11H21NO4.C6H18O24P6/c6*1-5-6-11(15)16-9(7-10(13)14)8-12(2,3)4;7-31(8,9)25-1-2(26-32(10,11)12)4(28-34(16,17)18)6(30-36(22,23)24)5(29-35(19,20)21)3(1)27-33(13,14)15/h6*9H,5-8H2,1-4H3;1-6H,(H2,7,8,9)(H2,10,11,12)(H2,13,14,15)(H2,16,17,18)(H2,19,20,21)(H2,22,23,24)/t6*9-;/m000000./s1. The number of carbonyl (C=O) groups is 12. The van der Waals surface area contributed by atoms with Crippen LogP contribution in [0.4, 0.5) is 0 Å². The zero-order valence-corrected chi connectivity index (χ0v) is 84.7. The van der Waals surface area contributed by atoms with Crippen LogP contribution in [-0.2, 0) is 140 Å². The second-order valence-electron chi connectivity index (χ2n) is 35.8. The van der Waals surface area contributed by atoms with E-state index in [0.717, 1.165) is 0 Å². The van der Waals surface area contributed by atoms with Crippen molar-refractivity contribution in [2.75, 3.05) is 166 Å². The summed E-state index contributed by atoms with van der Waals surface area (Å²) in [4.78, 5) is 253. The number of nitrogens with zero attached hydrogens (tertiary/aromatic N) is 6. The van der Waals surface area contributed by atoms with Gasteiger partial charge in [0.1, 0.15) is 75.9 Å². The molecule has 60 heteroatoms. The highest BCUT2D eigenvalue weighted by Gasteiger charge is 2.60. The van der Waals surface area contributed by atoms with Gasteiger partial charge in [-0.15, -0.1) is 0 Å². The predicted molar refractivity (Wildman–Crippen MR) is 448 cm³/mol. The van der Waals surface area contributed by atoms with Crippen LogP contribution < -0.4 is 29.4 Å². The van der Waals surface area contributed by atoms with Crippen molar-refractivity contribution in [1.82, 2.24) is 0 Å². The molecule has 132 heavy (non-hydrogen) atoms. The zero-order valence-electron chi connectivity index (χ0n) is 79.3. The van der Waals surface area contributed by atoms with Crippen molar-refractivity contribution >= 4 is 119 Å². The minimum atomic E-state index is -6.35. The number of hydrogen-bond acceptors (Lipinski definition) is 36. The van der Waals surface area contributed by atoms with E-state index < -0.39 is 156 Å². The second-order valence-corrected chi connectivity index (χ2v) is 42.7. The summed E-state index contributed by atoms with van der Waals surface area (Å²) in [5, 5.41) is 52.4. The maximum absolute atomic E-state index is 11.3. The number of likely N-dealkylation sites (N-methyl/N-ethyl adjacent to an activating group) is 6. The van der Waals surface area contributed by atoms with Gasteiger partial charge >= 0.3 is 71.6 Å². The Morgan fingerprint density at radius 1 is 0.227 bits per heavy atom. The first-order valence-corrected chi connectivity index (χ1v) is 49.6. The van der Waals surface area contributed by atoms with Crippen LogP contribution >= 0.6 is 46.9 Å². The molecular formula is C72H144N6O48P6. The SMILES string of the molecule is CCCC(=O)O[C@@H](CC(=O)O)C[N+](C)(C)C.CCCC(=O)O[C@@H](CC(=O)O)C[N+](C)(C)C.CCCC(=O)O[C@@H](CC(=O)O)C[N+](C)(C)C.CCCC(=O)O[C@@H](CC(=O)O)C[N+](C)(C)C.CCCC(=O)O[C@@H](CC(=O)O)C[N+](C)(C)C.CCCC(=O)O[C@@H](CC(=O)O)C[N+](C)(C)C.O=P([O-])(O)OC1C(OP(=O)([O-])O)C(OP(=O)([O-])O)C(OP(=O)([O-])O)C(OP(=O)([O-])O)C1OP(=O)([O-])O. The number of ether oxygens (including phenoxy) is 6. The molecule has 6 unspecified atom stereocenters. The lowest BCUT2D eigenvalue weighted by Gasteiger charge is -2.52. The summed E-state index contributed by atoms with van der Waals surface area (Å²) in [5.74, 6) is -7.56. The molecule has 54 nitrogen and oxygen atoms in total. The van der Waals surface area contributed by atoms with Gasteiger partial charge in [-0.05, 0) is 38.5 Å². The number of carbonyl (C=O) groups excluding carboxylic acids is 6. The number of carboxylic acid groups (broad SMARTS) is 6. The van der Waals surface area contributed by atoms with Gasteiger partial charge in [0.25, 0.3) is 46.9 Å². The third kappa shape index (κ3) is 90.5. The lowest BCUT2D eigenvalue weighted by Crippen LogP contribution is -2.67. The first-order chi connectivity index (χ1) is 59.0. The zero-order chi connectivity index (χ0) is 105. The molecule has 0 aliphatic heterocycles. The fraction of sp³-hybridized carbons (Fsp3) is 0.833. The van der Waals surface area contributed by atoms with Gasteiger partial charge in [0.15, 0.2) is 36.6 Å². The Balaban J connectivity index is -0.000000363. The third-order valence-electron chi connectivity index (χ3n) is 14.9. The van der Waals surface area contributed by atoms with E-state index in [1.54, 1.807) is 0 Å². The van der Waals surface area contributed by atoms with Gasteiger partial charge in [0.05, 0.1) is 165 Å². The molecule has 0 spiro atoms. The van der Waals surface area contributed by atoms with Crippen LogP contribution in [0, 0.1) is 0 Å². The van der Waals surface area contributed by atoms with Crippen LogP contribution in [0.25, 0.3) is 0 Å². The van der Waals surface area contributed by atoms with Gasteiger partial charge in [-0.25, -0.2) is 0 Å². The van der Waals surface area contributed by atoms with E-state index in [2.05, 4.69) is 27.1 Å². The molecule has 0 aromatic rings. The van der Waals surface area contributed by atoms with Crippen LogP contribution in [-0.4, -0.2) is 398 Å². The summed E-state index contributed by atoms with van der Waals surface area (Å²) in [5.41, 5.74) is 0. The Kier molecular flexibility index (Phi) is 65.8. The highest BCUT2D eigenvalue weighted by molar-refractivity contribution is 7.46. The number of rotatable bonds is 54. The van der Waals surface area contributed by atoms with E-state index in [1.165, 1.54) is 0 Å². The number of phosphoric acid groups is 6. The minimum Gasteiger partial charge on any atom is -0.756 e. The molecule has 1 aliphatic rings. The summed E-state index contributed by atoms with van der Waals surface area (Å²) in [6, 6.07) is 0. The molecule has 1 fully saturated rings. The van der Waals surface area contributed by atoms with Crippen molar-refractivity contribution in [3.63, 3.8) is 0 Å². The maximum Gasteiger partial charge on any atom is 0.307 e. The summed E-state index contributed by atoms with van der Waals surface area (Å²) in [6.45, 7) is 14.3. The molecule has 0 aromatic carbocycles. The van der Waals surface area contributed by atoms with Gasteiger partial charge in [-0.1, -0.05) is 41.5 Å². The Bertz CT molecular complexity index is 3170. The van der Waals surface area contributed by atoms with E-state index in [9.17, 15) is 114 Å². The number of esters is 6. The van der Waals surface area contributed by atoms with Crippen molar-refractivity contribution in [1.29, 1.82) is 0 Å². The molecule has 0 heterocycles. The van der Waals surface area contributed by atoms with E-state index in [4.69, 9.17) is 88.4 Å². The largest absolute Gasteiger partial charge is 0.756 e. The highest BCUT2D eigenvalue weighted by atomic mass is 31.2. The van der Waals surface area contributed by atoms with Crippen molar-refractivity contribution in [2.24, 2.45) is 0 Å². The Labute approximate surface area is 768 Å². The lowest BCUT2D eigenvalue weighted by atomic mass is 9.85. The van der Waals surface area contributed by atoms with Gasteiger partial charge in [0, 0.05) is 38.5 Å². The maximum atomic E-state index is 11.3. The minimum absolute atomic E-state index is 0.134. The van der Waals surface area contributed by atoms with Crippen molar-refractivity contribution < 1.29 is 257 Å². The van der Waals surface area contributed by atoms with Crippen molar-refractivity contribution in [2.45, 2.75) is 230 Å². The lowest BCUT2D eigenvalue weighted by molar-refractivity contribution is -0.873. The number of hydrogen-bond donors (Lipinski definition) is 12. The Morgan fingerprint density at radius 2 is 0.318 bits per heavy atom. The summed E-state index contributed by atoms with van der Waals surface area (Å²) in [7, 11) is -3.30. The molecule has 780 valence electrons. The third-order valence-corrected chi connectivity index (χ3v) is 18.0. The van der Waals surface area contributed by atoms with Crippen LogP contribution in [0.3, 0.4) is 0 Å². The number of phosphoric ester groups is 6. The highest BCUT2D eigenvalue weighted by Crippen LogP contribution is 2.54. The van der Waals surface area contributed by atoms with Crippen LogP contribution in [0.2, 0.25) is 0 Å². The number of carboxylic acids is 6. The molecule has 12 N–H and O–H groups in total. The van der Waals surface area contributed by atoms with Gasteiger partial charge in [-0.2, -0.15) is 0 Å². The van der Waals surface area contributed by atoms with E-state index in [-0.39, 0.29) is 74.3 Å². The first-order valence-electron chi connectivity index (χ1n) is 40.7. The topological polar surface area (TPSA) is 799 Å². The van der Waals surface area contributed by atoms with Crippen molar-refractivity contribution in [3.8, 4) is 0 Å².